The zero-order chi connectivity index (χ0) is 14.5. The number of aromatic nitrogens is 2. The van der Waals surface area contributed by atoms with Crippen molar-refractivity contribution in [3.8, 4) is 6.01 Å². The summed E-state index contributed by atoms with van der Waals surface area (Å²) in [6, 6.07) is 6.28. The summed E-state index contributed by atoms with van der Waals surface area (Å²) in [5.74, 6) is 0. The van der Waals surface area contributed by atoms with Gasteiger partial charge in [-0.1, -0.05) is 25.4 Å². The molecule has 0 aliphatic heterocycles. The lowest BCUT2D eigenvalue weighted by Crippen LogP contribution is -2.25. The second-order valence-electron chi connectivity index (χ2n) is 4.60. The monoisotopic (exact) mass is 293 g/mol. The molecule has 0 radical (unpaired) electrons. The molecule has 2 rings (SSSR count). The van der Waals surface area contributed by atoms with Crippen LogP contribution in [0.2, 0.25) is 5.02 Å². The van der Waals surface area contributed by atoms with Crippen LogP contribution in [-0.4, -0.2) is 23.2 Å². The van der Waals surface area contributed by atoms with Gasteiger partial charge in [-0.3, -0.25) is 9.56 Å². The lowest BCUT2D eigenvalue weighted by molar-refractivity contribution is 0.271. The highest BCUT2D eigenvalue weighted by atomic mass is 35.5. The molecular formula is C15H20ClN3O. The van der Waals surface area contributed by atoms with Gasteiger partial charge in [-0.05, 0) is 31.0 Å². The fourth-order valence-electron chi connectivity index (χ4n) is 2.15. The highest BCUT2D eigenvalue weighted by molar-refractivity contribution is 6.31. The average Bonchev–Trinajstić information content (AvgIpc) is 2.45. The van der Waals surface area contributed by atoms with E-state index in [-0.39, 0.29) is 0 Å². The largest absolute Gasteiger partial charge is 0.465 e. The van der Waals surface area contributed by atoms with Gasteiger partial charge in [-0.2, -0.15) is 4.98 Å². The molecule has 0 unspecified atom stereocenters. The van der Waals surface area contributed by atoms with Crippen molar-refractivity contribution >= 4 is 22.5 Å². The number of benzene rings is 1. The first-order chi connectivity index (χ1) is 9.71. The number of ether oxygens (including phenoxy) is 1. The van der Waals surface area contributed by atoms with E-state index in [2.05, 4.69) is 23.8 Å². The van der Waals surface area contributed by atoms with E-state index < -0.39 is 0 Å². The lowest BCUT2D eigenvalue weighted by Gasteiger charge is -2.15. The molecule has 0 saturated carbocycles. The third kappa shape index (κ3) is 2.96. The fourth-order valence-corrected chi connectivity index (χ4v) is 2.33. The van der Waals surface area contributed by atoms with Crippen LogP contribution in [0.3, 0.4) is 0 Å². The zero-order valence-corrected chi connectivity index (χ0v) is 12.9. The molecular weight excluding hydrogens is 274 g/mol. The second kappa shape index (κ2) is 6.75. The Morgan fingerprint density at radius 2 is 2.10 bits per heavy atom. The Hall–Kier alpha value is -1.55. The molecule has 20 heavy (non-hydrogen) atoms. The summed E-state index contributed by atoms with van der Waals surface area (Å²) in [7, 11) is 1.78. The maximum atomic E-state index is 6.09. The Bertz CT molecular complexity index is 664. The molecule has 0 aliphatic rings. The van der Waals surface area contributed by atoms with Gasteiger partial charge in [0.1, 0.15) is 5.49 Å². The summed E-state index contributed by atoms with van der Waals surface area (Å²) < 4.78 is 7.80. The Kier molecular flexibility index (Phi) is 5.01. The van der Waals surface area contributed by atoms with Crippen LogP contribution in [0.25, 0.3) is 10.9 Å². The average molecular weight is 294 g/mol. The summed E-state index contributed by atoms with van der Waals surface area (Å²) in [6.45, 7) is 5.68. The first-order valence-corrected chi connectivity index (χ1v) is 7.34. The van der Waals surface area contributed by atoms with Gasteiger partial charge < -0.3 is 4.74 Å². The third-order valence-corrected chi connectivity index (χ3v) is 3.23. The quantitative estimate of drug-likeness (QED) is 0.847. The van der Waals surface area contributed by atoms with Crippen molar-refractivity contribution in [2.45, 2.75) is 33.2 Å². The van der Waals surface area contributed by atoms with Gasteiger partial charge in [0.25, 0.3) is 6.01 Å². The van der Waals surface area contributed by atoms with E-state index in [1.54, 1.807) is 7.05 Å². The maximum absolute atomic E-state index is 6.09. The minimum atomic E-state index is 0.629. The van der Waals surface area contributed by atoms with Crippen LogP contribution >= 0.6 is 11.6 Å². The number of hydrogen-bond acceptors (Lipinski definition) is 3. The van der Waals surface area contributed by atoms with Crippen LogP contribution in [0.1, 0.15) is 26.7 Å². The number of fused-ring (bicyclic) bond motifs is 1. The predicted molar refractivity (Wildman–Crippen MR) is 82.3 cm³/mol. The lowest BCUT2D eigenvalue weighted by atomic mass is 10.2. The Morgan fingerprint density at radius 3 is 2.75 bits per heavy atom. The molecule has 4 nitrogen and oxygen atoms in total. The van der Waals surface area contributed by atoms with Gasteiger partial charge in [0.05, 0.1) is 12.1 Å². The van der Waals surface area contributed by atoms with Gasteiger partial charge in [0.2, 0.25) is 0 Å². The van der Waals surface area contributed by atoms with Crippen LogP contribution in [-0.2, 0) is 6.54 Å². The van der Waals surface area contributed by atoms with E-state index in [9.17, 15) is 0 Å². The van der Waals surface area contributed by atoms with Crippen molar-refractivity contribution in [3.05, 3.63) is 28.7 Å². The first-order valence-electron chi connectivity index (χ1n) is 6.97. The molecule has 0 bridgehead atoms. The molecule has 0 atom stereocenters. The van der Waals surface area contributed by atoms with E-state index >= 15 is 0 Å². The summed E-state index contributed by atoms with van der Waals surface area (Å²) in [5.41, 5.74) is 1.72. The molecule has 1 aromatic heterocycles. The van der Waals surface area contributed by atoms with E-state index in [1.807, 2.05) is 22.8 Å². The van der Waals surface area contributed by atoms with Crippen molar-refractivity contribution < 1.29 is 4.74 Å². The summed E-state index contributed by atoms with van der Waals surface area (Å²) in [5, 5.41) is 1.65. The van der Waals surface area contributed by atoms with E-state index in [0.29, 0.717) is 17.6 Å². The van der Waals surface area contributed by atoms with Crippen LogP contribution in [0.5, 0.6) is 6.01 Å². The smallest absolute Gasteiger partial charge is 0.298 e. The molecule has 1 aromatic carbocycles. The molecule has 0 fully saturated rings. The Labute approximate surface area is 124 Å². The highest BCUT2D eigenvalue weighted by Crippen LogP contribution is 2.18. The minimum Gasteiger partial charge on any atom is -0.465 e. The van der Waals surface area contributed by atoms with Crippen molar-refractivity contribution in [1.82, 2.24) is 9.55 Å². The van der Waals surface area contributed by atoms with E-state index in [0.717, 1.165) is 35.8 Å². The van der Waals surface area contributed by atoms with Crippen molar-refractivity contribution in [1.29, 1.82) is 0 Å². The van der Waals surface area contributed by atoms with Crippen LogP contribution < -0.4 is 10.2 Å². The molecule has 0 aliphatic carbocycles. The highest BCUT2D eigenvalue weighted by Gasteiger charge is 2.10. The molecule has 0 amide bonds. The SMILES string of the molecule is CCCOc1nc2ccc(Cl)cc2c(=NC)n1CCC. The molecule has 108 valence electrons. The molecule has 1 heterocycles. The van der Waals surface area contributed by atoms with Crippen molar-refractivity contribution in [3.63, 3.8) is 0 Å². The normalized spacial score (nSPS) is 12.1. The standard InChI is InChI=1S/C15H20ClN3O/c1-4-8-19-14(17-3)12-10-11(16)6-7-13(12)18-15(19)20-9-5-2/h6-7,10H,4-5,8-9H2,1-3H3. The summed E-state index contributed by atoms with van der Waals surface area (Å²) in [6.07, 6.45) is 1.94. The Balaban J connectivity index is 2.72. The van der Waals surface area contributed by atoms with Gasteiger partial charge in [-0.15, -0.1) is 0 Å². The van der Waals surface area contributed by atoms with Gasteiger partial charge >= 0.3 is 0 Å². The van der Waals surface area contributed by atoms with Crippen molar-refractivity contribution in [2.75, 3.05) is 13.7 Å². The Morgan fingerprint density at radius 1 is 1.30 bits per heavy atom. The number of halogens is 1. The molecule has 5 heteroatoms. The maximum Gasteiger partial charge on any atom is 0.298 e. The molecule has 0 spiro atoms. The van der Waals surface area contributed by atoms with Crippen molar-refractivity contribution in [2.24, 2.45) is 4.99 Å². The van der Waals surface area contributed by atoms with Crippen LogP contribution in [0, 0.1) is 0 Å². The summed E-state index contributed by atoms with van der Waals surface area (Å²) >= 11 is 6.09. The molecule has 2 aromatic rings. The molecule has 0 saturated heterocycles. The fraction of sp³-hybridized carbons (Fsp3) is 0.467. The van der Waals surface area contributed by atoms with Crippen LogP contribution in [0.4, 0.5) is 0 Å². The van der Waals surface area contributed by atoms with Gasteiger partial charge in [0, 0.05) is 24.0 Å². The van der Waals surface area contributed by atoms with Gasteiger partial charge in [-0.25, -0.2) is 0 Å². The number of hydrogen-bond donors (Lipinski definition) is 0. The minimum absolute atomic E-state index is 0.629. The first kappa shape index (κ1) is 14.9. The number of nitrogens with zero attached hydrogens (tertiary/aromatic N) is 3. The molecule has 0 N–H and O–H groups in total. The van der Waals surface area contributed by atoms with E-state index in [1.165, 1.54) is 0 Å². The van der Waals surface area contributed by atoms with E-state index in [4.69, 9.17) is 16.3 Å². The van der Waals surface area contributed by atoms with Crippen LogP contribution in [0.15, 0.2) is 23.2 Å². The second-order valence-corrected chi connectivity index (χ2v) is 5.04. The summed E-state index contributed by atoms with van der Waals surface area (Å²) in [4.78, 5) is 9.01. The number of rotatable bonds is 5. The third-order valence-electron chi connectivity index (χ3n) is 3.00. The predicted octanol–water partition coefficient (Wildman–Crippen LogP) is 3.42. The topological polar surface area (TPSA) is 39.4 Å². The zero-order valence-electron chi connectivity index (χ0n) is 12.2. The van der Waals surface area contributed by atoms with Gasteiger partial charge in [0.15, 0.2) is 0 Å².